The minimum absolute atomic E-state index is 0.0708. The molecule has 0 saturated heterocycles. The fraction of sp³-hybridized carbons (Fsp3) is 0.0690. The number of Topliss-reactive ketones (excluding diaryl/α,β-unsaturated/α-hetero) is 1. The molecule has 0 aromatic heterocycles. The van der Waals surface area contributed by atoms with Gasteiger partial charge in [-0.2, -0.15) is 0 Å². The Morgan fingerprint density at radius 2 is 0.829 bits per heavy atom. The van der Waals surface area contributed by atoms with Crippen LogP contribution in [-0.2, 0) is 0 Å². The molecule has 4 rings (SSSR count). The normalized spacial score (nSPS) is 10.3. The molecule has 6 nitrogen and oxygen atoms in total. The van der Waals surface area contributed by atoms with Gasteiger partial charge in [0.15, 0.2) is 5.78 Å². The summed E-state index contributed by atoms with van der Waals surface area (Å²) in [7, 11) is 1.62. The summed E-state index contributed by atoms with van der Waals surface area (Å²) in [6, 6.07) is 27.1. The van der Waals surface area contributed by atoms with Gasteiger partial charge in [0.2, 0.25) is 0 Å². The molecule has 0 amide bonds. The van der Waals surface area contributed by atoms with Crippen LogP contribution in [0.3, 0.4) is 0 Å². The second kappa shape index (κ2) is 10.5. The van der Waals surface area contributed by atoms with Crippen molar-refractivity contribution >= 4 is 17.7 Å². The molecule has 0 atom stereocenters. The Bertz CT molecular complexity index is 1340. The number of carbonyl (C=O) groups is 3. The van der Waals surface area contributed by atoms with Gasteiger partial charge in [-0.15, -0.1) is 0 Å². The highest BCUT2D eigenvalue weighted by molar-refractivity contribution is 5.96. The lowest BCUT2D eigenvalue weighted by molar-refractivity contribution is 0.0720. The zero-order valence-electron chi connectivity index (χ0n) is 19.2. The van der Waals surface area contributed by atoms with E-state index in [1.165, 1.54) is 31.2 Å². The van der Waals surface area contributed by atoms with Gasteiger partial charge >= 0.3 is 11.9 Å². The molecule has 0 aliphatic carbocycles. The quantitative estimate of drug-likeness (QED) is 0.189. The second-order valence-electron chi connectivity index (χ2n) is 7.69. The van der Waals surface area contributed by atoms with Crippen LogP contribution >= 0.6 is 0 Å². The Kier molecular flexibility index (Phi) is 7.02. The fourth-order valence-electron chi connectivity index (χ4n) is 3.33. The van der Waals surface area contributed by atoms with E-state index in [9.17, 15) is 14.4 Å². The Hall–Kier alpha value is -4.71. The summed E-state index contributed by atoms with van der Waals surface area (Å²) in [4.78, 5) is 36.2. The van der Waals surface area contributed by atoms with E-state index in [0.717, 1.165) is 16.9 Å². The SMILES string of the molecule is COc1ccc(-c2ccc(OC(=O)c3ccc(C(=O)Oc4ccc(C(C)=O)cc4)cc3)cc2)cc1. The first kappa shape index (κ1) is 23.4. The number of ether oxygens (including phenoxy) is 3. The Labute approximate surface area is 202 Å². The maximum Gasteiger partial charge on any atom is 0.343 e. The lowest BCUT2D eigenvalue weighted by Gasteiger charge is -2.08. The molecule has 0 bridgehead atoms. The summed E-state index contributed by atoms with van der Waals surface area (Å²) in [5.41, 5.74) is 3.10. The molecule has 174 valence electrons. The molecular formula is C29H22O6. The molecule has 0 N–H and O–H groups in total. The number of benzene rings is 4. The Morgan fingerprint density at radius 3 is 1.20 bits per heavy atom. The van der Waals surface area contributed by atoms with Crippen LogP contribution in [-0.4, -0.2) is 24.8 Å². The van der Waals surface area contributed by atoms with Gasteiger partial charge in [0.25, 0.3) is 0 Å². The molecular weight excluding hydrogens is 444 g/mol. The van der Waals surface area contributed by atoms with Gasteiger partial charge in [0.05, 0.1) is 18.2 Å². The van der Waals surface area contributed by atoms with Crippen molar-refractivity contribution < 1.29 is 28.6 Å². The second-order valence-corrected chi connectivity index (χ2v) is 7.69. The van der Waals surface area contributed by atoms with Crippen LogP contribution < -0.4 is 14.2 Å². The average Bonchev–Trinajstić information content (AvgIpc) is 2.89. The van der Waals surface area contributed by atoms with E-state index in [0.29, 0.717) is 22.6 Å². The minimum atomic E-state index is -0.574. The molecule has 0 heterocycles. The van der Waals surface area contributed by atoms with Crippen molar-refractivity contribution in [3.8, 4) is 28.4 Å². The standard InChI is InChI=1S/C29H22O6/c1-19(30)20-7-15-26(16-8-20)34-28(31)23-3-5-24(6-4-23)29(32)35-27-17-11-22(12-18-27)21-9-13-25(33-2)14-10-21/h3-18H,1-2H3. The molecule has 0 unspecified atom stereocenters. The lowest BCUT2D eigenvalue weighted by atomic mass is 10.1. The van der Waals surface area contributed by atoms with Crippen molar-refractivity contribution in [3.05, 3.63) is 114 Å². The molecule has 0 spiro atoms. The van der Waals surface area contributed by atoms with E-state index >= 15 is 0 Å². The van der Waals surface area contributed by atoms with Crippen LogP contribution in [0.1, 0.15) is 38.0 Å². The number of hydrogen-bond acceptors (Lipinski definition) is 6. The summed E-state index contributed by atoms with van der Waals surface area (Å²) in [6.45, 7) is 1.46. The number of esters is 2. The molecule has 0 saturated carbocycles. The lowest BCUT2D eigenvalue weighted by Crippen LogP contribution is -2.11. The summed E-state index contributed by atoms with van der Waals surface area (Å²) >= 11 is 0. The number of carbonyl (C=O) groups excluding carboxylic acids is 3. The van der Waals surface area contributed by atoms with Crippen LogP contribution in [0.2, 0.25) is 0 Å². The van der Waals surface area contributed by atoms with Crippen LogP contribution in [0.15, 0.2) is 97.1 Å². The molecule has 4 aromatic rings. The maximum atomic E-state index is 12.5. The van der Waals surface area contributed by atoms with E-state index in [1.807, 2.05) is 36.4 Å². The molecule has 0 aliphatic rings. The summed E-state index contributed by atoms with van der Waals surface area (Å²) in [5, 5.41) is 0. The van der Waals surface area contributed by atoms with Gasteiger partial charge in [0.1, 0.15) is 17.2 Å². The molecule has 0 radical (unpaired) electrons. The smallest absolute Gasteiger partial charge is 0.343 e. The van der Waals surface area contributed by atoms with Crippen molar-refractivity contribution in [1.82, 2.24) is 0 Å². The Balaban J connectivity index is 1.36. The van der Waals surface area contributed by atoms with Crippen LogP contribution in [0.5, 0.6) is 17.2 Å². The van der Waals surface area contributed by atoms with Crippen molar-refractivity contribution in [3.63, 3.8) is 0 Å². The molecule has 4 aromatic carbocycles. The first-order chi connectivity index (χ1) is 16.9. The van der Waals surface area contributed by atoms with E-state index in [2.05, 4.69) is 0 Å². The van der Waals surface area contributed by atoms with Crippen molar-refractivity contribution in [2.24, 2.45) is 0 Å². The average molecular weight is 466 g/mol. The van der Waals surface area contributed by atoms with Crippen LogP contribution in [0, 0.1) is 0 Å². The van der Waals surface area contributed by atoms with Gasteiger partial charge < -0.3 is 14.2 Å². The zero-order valence-corrected chi connectivity index (χ0v) is 19.2. The van der Waals surface area contributed by atoms with E-state index < -0.39 is 11.9 Å². The predicted molar refractivity (Wildman–Crippen MR) is 131 cm³/mol. The molecule has 35 heavy (non-hydrogen) atoms. The largest absolute Gasteiger partial charge is 0.497 e. The number of hydrogen-bond donors (Lipinski definition) is 0. The zero-order chi connectivity index (χ0) is 24.8. The fourth-order valence-corrected chi connectivity index (χ4v) is 3.33. The highest BCUT2D eigenvalue weighted by atomic mass is 16.5. The molecule has 0 fully saturated rings. The third-order valence-electron chi connectivity index (χ3n) is 5.32. The van der Waals surface area contributed by atoms with Crippen LogP contribution in [0.4, 0.5) is 0 Å². The van der Waals surface area contributed by atoms with Gasteiger partial charge in [0, 0.05) is 5.56 Å². The van der Waals surface area contributed by atoms with Crippen LogP contribution in [0.25, 0.3) is 11.1 Å². The number of methoxy groups -OCH3 is 1. The predicted octanol–water partition coefficient (Wildman–Crippen LogP) is 6.00. The molecule has 0 aliphatic heterocycles. The summed E-state index contributed by atoms with van der Waals surface area (Å²) in [5.74, 6) is 0.323. The van der Waals surface area contributed by atoms with Crippen molar-refractivity contribution in [2.75, 3.05) is 7.11 Å². The van der Waals surface area contributed by atoms with E-state index in [1.54, 1.807) is 43.5 Å². The van der Waals surface area contributed by atoms with E-state index in [-0.39, 0.29) is 11.3 Å². The monoisotopic (exact) mass is 466 g/mol. The number of ketones is 1. The highest BCUT2D eigenvalue weighted by Crippen LogP contribution is 2.25. The number of rotatable bonds is 7. The third kappa shape index (κ3) is 5.81. The van der Waals surface area contributed by atoms with Gasteiger partial charge in [-0.05, 0) is 90.8 Å². The topological polar surface area (TPSA) is 78.9 Å². The van der Waals surface area contributed by atoms with Crippen molar-refractivity contribution in [2.45, 2.75) is 6.92 Å². The van der Waals surface area contributed by atoms with Crippen molar-refractivity contribution in [1.29, 1.82) is 0 Å². The van der Waals surface area contributed by atoms with E-state index in [4.69, 9.17) is 14.2 Å². The summed E-state index contributed by atoms with van der Waals surface area (Å²) in [6.07, 6.45) is 0. The minimum Gasteiger partial charge on any atom is -0.497 e. The van der Waals surface area contributed by atoms with Gasteiger partial charge in [-0.25, -0.2) is 9.59 Å². The van der Waals surface area contributed by atoms with Gasteiger partial charge in [-0.3, -0.25) is 4.79 Å². The maximum absolute atomic E-state index is 12.5. The Morgan fingerprint density at radius 1 is 0.486 bits per heavy atom. The van der Waals surface area contributed by atoms with Gasteiger partial charge in [-0.1, -0.05) is 24.3 Å². The first-order valence-corrected chi connectivity index (χ1v) is 10.8. The summed E-state index contributed by atoms with van der Waals surface area (Å²) < 4.78 is 15.9. The molecule has 6 heteroatoms. The highest BCUT2D eigenvalue weighted by Gasteiger charge is 2.13. The third-order valence-corrected chi connectivity index (χ3v) is 5.32. The first-order valence-electron chi connectivity index (χ1n) is 10.8.